The molecule has 1 atom stereocenters. The highest BCUT2D eigenvalue weighted by Gasteiger charge is 2.32. The molecule has 1 aliphatic rings. The Morgan fingerprint density at radius 3 is 2.55 bits per heavy atom. The van der Waals surface area contributed by atoms with Gasteiger partial charge in [-0.2, -0.15) is 0 Å². The maximum Gasteiger partial charge on any atom is 0.344 e. The second-order valence-corrected chi connectivity index (χ2v) is 13.6. The highest BCUT2D eigenvalue weighted by molar-refractivity contribution is 14.2. The van der Waals surface area contributed by atoms with E-state index < -0.39 is 79.3 Å². The molecule has 1 heterocycles. The fraction of sp³-hybridized carbons (Fsp3) is 0.176. The lowest BCUT2D eigenvalue weighted by Crippen LogP contribution is -2.32. The normalized spacial score (nSPS) is 15.2. The number of rotatable bonds is 7. The molecule has 0 spiro atoms. The van der Waals surface area contributed by atoms with Gasteiger partial charge in [0.15, 0.2) is 23.3 Å². The van der Waals surface area contributed by atoms with Gasteiger partial charge in [-0.1, -0.05) is 69.8 Å². The van der Waals surface area contributed by atoms with Crippen LogP contribution in [0.2, 0.25) is 0 Å². The zero-order valence-corrected chi connectivity index (χ0v) is 28.0. The summed E-state index contributed by atoms with van der Waals surface area (Å²) in [6.45, 7) is 7.66. The van der Waals surface area contributed by atoms with Crippen molar-refractivity contribution in [2.45, 2.75) is 32.7 Å². The SMILES string of the molecule is C=C(/C=C\C)c1cc2ccccc2c(C=Ic2c(F)c(F)c(I)c3c(F)c(F)c(C(=O)OCC4CCC=CN4)c(F)c23)c1C. The molecule has 4 aromatic rings. The molecule has 4 aromatic carbocycles. The average molecular weight is 829 g/mol. The molecule has 0 radical (unpaired) electrons. The van der Waals surface area contributed by atoms with E-state index in [0.717, 1.165) is 33.9 Å². The highest BCUT2D eigenvalue weighted by Crippen LogP contribution is 2.39. The maximum absolute atomic E-state index is 16.1. The summed E-state index contributed by atoms with van der Waals surface area (Å²) in [7, 11) is 0. The molecule has 0 fully saturated rings. The number of carbonyl (C=O) groups is 1. The predicted octanol–water partition coefficient (Wildman–Crippen LogP) is 9.60. The van der Waals surface area contributed by atoms with Crippen LogP contribution in [0.15, 0.2) is 61.3 Å². The number of esters is 1. The number of nitrogens with one attached hydrogen (secondary N) is 1. The summed E-state index contributed by atoms with van der Waals surface area (Å²) in [4.78, 5) is 12.9. The molecule has 1 N–H and O–H groups in total. The summed E-state index contributed by atoms with van der Waals surface area (Å²) in [5.74, 6) is -9.16. The van der Waals surface area contributed by atoms with E-state index in [9.17, 15) is 4.79 Å². The van der Waals surface area contributed by atoms with Gasteiger partial charge >= 0.3 is 5.97 Å². The Kier molecular flexibility index (Phi) is 9.88. The number of hydrogen-bond donors (Lipinski definition) is 1. The van der Waals surface area contributed by atoms with Crippen LogP contribution in [0.5, 0.6) is 0 Å². The monoisotopic (exact) mass is 829 g/mol. The second-order valence-electron chi connectivity index (χ2n) is 10.2. The molecule has 0 aliphatic carbocycles. The van der Waals surface area contributed by atoms with E-state index in [0.29, 0.717) is 12.0 Å². The van der Waals surface area contributed by atoms with Crippen molar-refractivity contribution in [3.05, 3.63) is 120 Å². The first-order valence-corrected chi connectivity index (χ1v) is 17.0. The average Bonchev–Trinajstić information content (AvgIpc) is 3.02. The lowest BCUT2D eigenvalue weighted by atomic mass is 9.92. The van der Waals surface area contributed by atoms with Gasteiger partial charge in [-0.3, -0.25) is 0 Å². The summed E-state index contributed by atoms with van der Waals surface area (Å²) in [6.07, 6.45) is 8.60. The lowest BCUT2D eigenvalue weighted by molar-refractivity contribution is 0.0453. The van der Waals surface area contributed by atoms with Crippen LogP contribution in [0, 0.1) is 43.2 Å². The molecule has 1 unspecified atom stereocenters. The molecular formula is C34H26F5I2NO2. The van der Waals surface area contributed by atoms with Gasteiger partial charge in [-0.05, 0) is 98.6 Å². The largest absolute Gasteiger partial charge is 0.460 e. The highest BCUT2D eigenvalue weighted by atomic mass is 127. The number of benzene rings is 4. The number of allylic oxidation sites excluding steroid dienone is 4. The molecule has 0 aromatic heterocycles. The first kappa shape index (κ1) is 32.3. The minimum Gasteiger partial charge on any atom is -0.460 e. The van der Waals surface area contributed by atoms with E-state index in [2.05, 4.69) is 11.9 Å². The molecule has 44 heavy (non-hydrogen) atoms. The number of fused-ring (bicyclic) bond motifs is 2. The van der Waals surface area contributed by atoms with Crippen molar-refractivity contribution in [3.8, 4) is 0 Å². The van der Waals surface area contributed by atoms with Gasteiger partial charge in [0, 0.05) is 10.8 Å². The Balaban J connectivity index is 1.71. The second kappa shape index (κ2) is 13.5. The van der Waals surface area contributed by atoms with Gasteiger partial charge in [0.25, 0.3) is 0 Å². The predicted molar refractivity (Wildman–Crippen MR) is 182 cm³/mol. The van der Waals surface area contributed by atoms with E-state index in [4.69, 9.17) is 4.74 Å². The molecule has 0 saturated heterocycles. The number of halogens is 7. The fourth-order valence-corrected chi connectivity index (χ4v) is 8.66. The molecule has 0 amide bonds. The number of carbonyl (C=O) groups excluding carboxylic acids is 1. The zero-order chi connectivity index (χ0) is 31.7. The summed E-state index contributed by atoms with van der Waals surface area (Å²) in [5, 5.41) is 3.25. The van der Waals surface area contributed by atoms with Crippen molar-refractivity contribution in [2.24, 2.45) is 0 Å². The number of hydrogen-bond acceptors (Lipinski definition) is 3. The van der Waals surface area contributed by atoms with Crippen LogP contribution in [0.25, 0.3) is 27.1 Å². The van der Waals surface area contributed by atoms with Crippen LogP contribution in [0.3, 0.4) is 0 Å². The Hall–Kier alpha value is -3.13. The maximum atomic E-state index is 16.1. The molecule has 10 heteroatoms. The third-order valence-corrected chi connectivity index (χ3v) is 11.0. The minimum absolute atomic E-state index is 0.216. The van der Waals surface area contributed by atoms with Gasteiger partial charge in [0.2, 0.25) is 0 Å². The summed E-state index contributed by atoms with van der Waals surface area (Å²) < 4.78 is 83.5. The van der Waals surface area contributed by atoms with E-state index in [1.54, 1.807) is 10.2 Å². The van der Waals surface area contributed by atoms with Crippen molar-refractivity contribution in [1.29, 1.82) is 0 Å². The Bertz CT molecular complexity index is 1930. The molecule has 228 valence electrons. The van der Waals surface area contributed by atoms with E-state index >= 15 is 22.0 Å². The third kappa shape index (κ3) is 5.94. The van der Waals surface area contributed by atoms with Gasteiger partial charge in [-0.25, -0.2) is 26.7 Å². The van der Waals surface area contributed by atoms with Crippen molar-refractivity contribution < 1.29 is 31.5 Å². The van der Waals surface area contributed by atoms with Crippen LogP contribution >= 0.6 is 43.3 Å². The van der Waals surface area contributed by atoms with Gasteiger partial charge in [-0.15, -0.1) is 0 Å². The standard InChI is InChI=1S/C34H26F5I2NO2/c1-4-9-17(2)22-14-19-10-5-6-12-21(19)23(18(22)3)15-41-33-25-24(32(40)30(38)31(33)39)28(36)29(37)26(27(25)35)34(43)44-16-20-11-7-8-13-42-20/h4-6,8-10,12-15,20,42H,2,7,11,16H2,1,3H3/b9-4-. The van der Waals surface area contributed by atoms with Crippen LogP contribution in [0.4, 0.5) is 22.0 Å². The Morgan fingerprint density at radius 2 is 1.84 bits per heavy atom. The van der Waals surface area contributed by atoms with E-state index in [-0.39, 0.29) is 12.6 Å². The zero-order valence-electron chi connectivity index (χ0n) is 23.6. The van der Waals surface area contributed by atoms with Crippen molar-refractivity contribution in [2.75, 3.05) is 6.61 Å². The lowest BCUT2D eigenvalue weighted by Gasteiger charge is -2.20. The van der Waals surface area contributed by atoms with Crippen LogP contribution in [0.1, 0.15) is 46.8 Å². The Morgan fingerprint density at radius 1 is 1.09 bits per heavy atom. The van der Waals surface area contributed by atoms with E-state index in [1.807, 2.05) is 62.4 Å². The topological polar surface area (TPSA) is 38.3 Å². The molecular weight excluding hydrogens is 803 g/mol. The third-order valence-electron chi connectivity index (χ3n) is 7.43. The van der Waals surface area contributed by atoms with Crippen LogP contribution in [-0.2, 0) is 4.74 Å². The first-order chi connectivity index (χ1) is 21.1. The molecule has 3 nitrogen and oxygen atoms in total. The van der Waals surface area contributed by atoms with Crippen LogP contribution < -0.4 is 5.32 Å². The summed E-state index contributed by atoms with van der Waals surface area (Å²) >= 11 is -0.397. The quantitative estimate of drug-likeness (QED) is 0.0504. The van der Waals surface area contributed by atoms with E-state index in [1.165, 1.54) is 22.6 Å². The Labute approximate surface area is 274 Å². The smallest absolute Gasteiger partial charge is 0.344 e. The van der Waals surface area contributed by atoms with Crippen LogP contribution in [-0.4, -0.2) is 22.6 Å². The molecule has 5 rings (SSSR count). The van der Waals surface area contributed by atoms with Crippen molar-refractivity contribution >= 4 is 80.4 Å². The van der Waals surface area contributed by atoms with Crippen molar-refractivity contribution in [1.82, 2.24) is 5.32 Å². The van der Waals surface area contributed by atoms with Gasteiger partial charge in [0.1, 0.15) is 18.0 Å². The summed E-state index contributed by atoms with van der Waals surface area (Å²) in [6, 6.07) is 9.19. The molecule has 0 bridgehead atoms. The fourth-order valence-electron chi connectivity index (χ4n) is 5.17. The molecule has 0 saturated carbocycles. The van der Waals surface area contributed by atoms with Gasteiger partial charge in [0.05, 0.1) is 13.2 Å². The number of ether oxygens (including phenoxy) is 1. The minimum atomic E-state index is -1.81. The first-order valence-electron chi connectivity index (χ1n) is 13.6. The van der Waals surface area contributed by atoms with Crippen molar-refractivity contribution in [3.63, 3.8) is 0 Å². The summed E-state index contributed by atoms with van der Waals surface area (Å²) in [5.41, 5.74) is 1.82. The molecule has 1 aliphatic heterocycles. The van der Waals surface area contributed by atoms with Gasteiger partial charge < -0.3 is 10.1 Å².